The number of nitrogens with zero attached hydrogens (tertiary/aromatic N) is 2. The molecule has 0 radical (unpaired) electrons. The van der Waals surface area contributed by atoms with Crippen LogP contribution >= 0.6 is 0 Å². The van der Waals surface area contributed by atoms with Crippen molar-refractivity contribution in [3.05, 3.63) is 59.4 Å². The molecule has 0 saturated carbocycles. The Hall–Kier alpha value is -1.87. The van der Waals surface area contributed by atoms with Crippen molar-refractivity contribution >= 4 is 5.69 Å². The van der Waals surface area contributed by atoms with Gasteiger partial charge < -0.3 is 10.6 Å². The van der Waals surface area contributed by atoms with Crippen LogP contribution in [0.5, 0.6) is 0 Å². The molecule has 0 spiro atoms. The first-order valence-corrected chi connectivity index (χ1v) is 7.09. The molecule has 2 rings (SSSR count). The highest BCUT2D eigenvalue weighted by Crippen LogP contribution is 2.20. The van der Waals surface area contributed by atoms with Crippen molar-refractivity contribution in [1.29, 1.82) is 0 Å². The normalized spacial score (nSPS) is 12.2. The third-order valence-corrected chi connectivity index (χ3v) is 3.55. The Morgan fingerprint density at radius 3 is 2.45 bits per heavy atom. The minimum atomic E-state index is 0.132. The van der Waals surface area contributed by atoms with Gasteiger partial charge in [0.2, 0.25) is 0 Å². The second-order valence-corrected chi connectivity index (χ2v) is 5.23. The number of pyridine rings is 1. The van der Waals surface area contributed by atoms with E-state index in [1.165, 1.54) is 11.3 Å². The van der Waals surface area contributed by atoms with Crippen LogP contribution in [0.25, 0.3) is 0 Å². The van der Waals surface area contributed by atoms with E-state index in [-0.39, 0.29) is 6.04 Å². The van der Waals surface area contributed by atoms with Crippen LogP contribution in [0.4, 0.5) is 5.69 Å². The van der Waals surface area contributed by atoms with Gasteiger partial charge in [-0.2, -0.15) is 0 Å². The summed E-state index contributed by atoms with van der Waals surface area (Å²) in [6, 6.07) is 14.7. The summed E-state index contributed by atoms with van der Waals surface area (Å²) in [6.07, 6.45) is 0.961. The molecular formula is C17H23N3. The Morgan fingerprint density at radius 1 is 1.15 bits per heavy atom. The number of nitrogens with two attached hydrogens (primary N) is 1. The first-order valence-electron chi connectivity index (χ1n) is 7.09. The number of benzene rings is 1. The van der Waals surface area contributed by atoms with E-state index < -0.39 is 0 Å². The maximum absolute atomic E-state index is 6.04. The topological polar surface area (TPSA) is 42.1 Å². The maximum atomic E-state index is 6.04. The fraction of sp³-hybridized carbons (Fsp3) is 0.353. The van der Waals surface area contributed by atoms with E-state index in [1.54, 1.807) is 0 Å². The van der Waals surface area contributed by atoms with Gasteiger partial charge in [0.05, 0.1) is 12.2 Å². The van der Waals surface area contributed by atoms with Crippen LogP contribution in [0, 0.1) is 6.92 Å². The number of anilines is 1. The smallest absolute Gasteiger partial charge is 0.0600 e. The highest BCUT2D eigenvalue weighted by molar-refractivity contribution is 5.47. The van der Waals surface area contributed by atoms with Gasteiger partial charge in [0, 0.05) is 24.5 Å². The highest BCUT2D eigenvalue weighted by atomic mass is 15.1. The van der Waals surface area contributed by atoms with Crippen molar-refractivity contribution in [2.24, 2.45) is 5.73 Å². The summed E-state index contributed by atoms with van der Waals surface area (Å²) >= 11 is 0. The van der Waals surface area contributed by atoms with Crippen LogP contribution in [0.3, 0.4) is 0 Å². The fourth-order valence-electron chi connectivity index (χ4n) is 2.23. The van der Waals surface area contributed by atoms with Crippen LogP contribution in [-0.4, -0.2) is 12.0 Å². The molecule has 20 heavy (non-hydrogen) atoms. The predicted octanol–water partition coefficient (Wildman–Crippen LogP) is 3.44. The summed E-state index contributed by atoms with van der Waals surface area (Å²) < 4.78 is 0. The van der Waals surface area contributed by atoms with Gasteiger partial charge in [-0.1, -0.05) is 25.1 Å². The highest BCUT2D eigenvalue weighted by Gasteiger charge is 2.06. The van der Waals surface area contributed by atoms with Gasteiger partial charge in [-0.15, -0.1) is 0 Å². The van der Waals surface area contributed by atoms with Crippen molar-refractivity contribution in [3.8, 4) is 0 Å². The average molecular weight is 269 g/mol. The molecule has 0 aliphatic rings. The van der Waals surface area contributed by atoms with E-state index in [0.29, 0.717) is 0 Å². The minimum Gasteiger partial charge on any atom is -0.369 e. The van der Waals surface area contributed by atoms with Crippen molar-refractivity contribution < 1.29 is 0 Å². The van der Waals surface area contributed by atoms with Crippen LogP contribution in [0.15, 0.2) is 42.5 Å². The van der Waals surface area contributed by atoms with Crippen LogP contribution < -0.4 is 10.6 Å². The fourth-order valence-corrected chi connectivity index (χ4v) is 2.23. The molecule has 0 aliphatic carbocycles. The lowest BCUT2D eigenvalue weighted by Gasteiger charge is -2.20. The quantitative estimate of drug-likeness (QED) is 0.904. The van der Waals surface area contributed by atoms with Gasteiger partial charge >= 0.3 is 0 Å². The molecule has 0 unspecified atom stereocenters. The molecule has 0 amide bonds. The van der Waals surface area contributed by atoms with E-state index in [0.717, 1.165) is 24.4 Å². The zero-order chi connectivity index (χ0) is 14.5. The first-order chi connectivity index (χ1) is 9.60. The van der Waals surface area contributed by atoms with Crippen molar-refractivity contribution in [2.75, 3.05) is 11.9 Å². The second kappa shape index (κ2) is 6.53. The Labute approximate surface area is 121 Å². The number of rotatable bonds is 5. The maximum Gasteiger partial charge on any atom is 0.0600 e. The summed E-state index contributed by atoms with van der Waals surface area (Å²) in [5.41, 5.74) is 10.6. The monoisotopic (exact) mass is 269 g/mol. The molecule has 1 aromatic heterocycles. The van der Waals surface area contributed by atoms with E-state index >= 15 is 0 Å². The van der Waals surface area contributed by atoms with Gasteiger partial charge in [0.15, 0.2) is 0 Å². The minimum absolute atomic E-state index is 0.132. The lowest BCUT2D eigenvalue weighted by atomic mass is 10.1. The lowest BCUT2D eigenvalue weighted by molar-refractivity contribution is 0.698. The van der Waals surface area contributed by atoms with Gasteiger partial charge in [0.25, 0.3) is 0 Å². The molecule has 3 nitrogen and oxygen atoms in total. The third-order valence-electron chi connectivity index (χ3n) is 3.55. The SMILES string of the molecule is CC[C@@H](N)c1ccc(N(C)Cc2cccc(C)n2)cc1. The Kier molecular flexibility index (Phi) is 4.74. The zero-order valence-electron chi connectivity index (χ0n) is 12.5. The Balaban J connectivity index is 2.07. The number of hydrogen-bond acceptors (Lipinski definition) is 3. The molecule has 0 fully saturated rings. The Bertz CT molecular complexity index is 548. The molecule has 0 saturated heterocycles. The summed E-state index contributed by atoms with van der Waals surface area (Å²) in [5, 5.41) is 0. The molecule has 0 aliphatic heterocycles. The summed E-state index contributed by atoms with van der Waals surface area (Å²) in [4.78, 5) is 6.73. The van der Waals surface area contributed by atoms with Crippen LogP contribution in [0.2, 0.25) is 0 Å². The van der Waals surface area contributed by atoms with Crippen molar-refractivity contribution in [1.82, 2.24) is 4.98 Å². The Morgan fingerprint density at radius 2 is 1.85 bits per heavy atom. The third kappa shape index (κ3) is 3.58. The van der Waals surface area contributed by atoms with Gasteiger partial charge in [0.1, 0.15) is 0 Å². The molecule has 2 aromatic rings. The van der Waals surface area contributed by atoms with Gasteiger partial charge in [-0.05, 0) is 43.2 Å². The molecule has 1 aromatic carbocycles. The van der Waals surface area contributed by atoms with E-state index in [1.807, 2.05) is 13.0 Å². The molecule has 3 heteroatoms. The summed E-state index contributed by atoms with van der Waals surface area (Å²) in [6.45, 7) is 4.93. The largest absolute Gasteiger partial charge is 0.369 e. The number of aryl methyl sites for hydroxylation is 1. The van der Waals surface area contributed by atoms with E-state index in [4.69, 9.17) is 5.73 Å². The number of hydrogen-bond donors (Lipinski definition) is 1. The standard InChI is InChI=1S/C17H23N3/c1-4-17(18)14-8-10-16(11-9-14)20(3)12-15-7-5-6-13(2)19-15/h5-11,17H,4,12,18H2,1-3H3/t17-/m1/s1. The van der Waals surface area contributed by atoms with Crippen LogP contribution in [-0.2, 0) is 6.54 Å². The van der Waals surface area contributed by atoms with Crippen molar-refractivity contribution in [3.63, 3.8) is 0 Å². The molecule has 2 N–H and O–H groups in total. The molecule has 1 atom stereocenters. The summed E-state index contributed by atoms with van der Waals surface area (Å²) in [5.74, 6) is 0. The van der Waals surface area contributed by atoms with E-state index in [9.17, 15) is 0 Å². The summed E-state index contributed by atoms with van der Waals surface area (Å²) in [7, 11) is 2.08. The predicted molar refractivity (Wildman–Crippen MR) is 84.7 cm³/mol. The van der Waals surface area contributed by atoms with Gasteiger partial charge in [-0.25, -0.2) is 0 Å². The number of aromatic nitrogens is 1. The molecule has 0 bridgehead atoms. The lowest BCUT2D eigenvalue weighted by Crippen LogP contribution is -2.17. The van der Waals surface area contributed by atoms with E-state index in [2.05, 4.69) is 60.3 Å². The molecular weight excluding hydrogens is 246 g/mol. The average Bonchev–Trinajstić information content (AvgIpc) is 2.46. The zero-order valence-corrected chi connectivity index (χ0v) is 12.5. The molecule has 106 valence electrons. The van der Waals surface area contributed by atoms with Crippen molar-refractivity contribution in [2.45, 2.75) is 32.9 Å². The second-order valence-electron chi connectivity index (χ2n) is 5.23. The van der Waals surface area contributed by atoms with Gasteiger partial charge in [-0.3, -0.25) is 4.98 Å². The first kappa shape index (κ1) is 14.5. The van der Waals surface area contributed by atoms with Crippen LogP contribution in [0.1, 0.15) is 36.3 Å². The molecule has 1 heterocycles.